The number of nitrogens with one attached hydrogen (secondary N) is 1. The van der Waals surface area contributed by atoms with Crippen molar-refractivity contribution in [3.05, 3.63) is 29.2 Å². The van der Waals surface area contributed by atoms with Gasteiger partial charge in [-0.15, -0.1) is 0 Å². The van der Waals surface area contributed by atoms with Crippen molar-refractivity contribution in [1.29, 1.82) is 0 Å². The third-order valence-corrected chi connectivity index (χ3v) is 4.27. The first-order valence-corrected chi connectivity index (χ1v) is 8.10. The molecule has 9 heteroatoms. The molecule has 136 valence electrons. The predicted octanol–water partition coefficient (Wildman–Crippen LogP) is -0.0833. The fourth-order valence-electron chi connectivity index (χ4n) is 2.91. The number of halogens is 1. The molecule has 8 nitrogen and oxygen atoms in total. The molecule has 1 N–H and O–H groups in total. The van der Waals surface area contributed by atoms with Gasteiger partial charge in [-0.25, -0.2) is 14.0 Å². The Hall–Kier alpha value is -2.23. The molecule has 2 amide bonds. The lowest BCUT2D eigenvalue weighted by molar-refractivity contribution is -0.768. The molecule has 2 aliphatic heterocycles. The van der Waals surface area contributed by atoms with Crippen molar-refractivity contribution in [2.45, 2.75) is 13.0 Å². The summed E-state index contributed by atoms with van der Waals surface area (Å²) in [5, 5.41) is 10.9. The Balaban J connectivity index is 1.70. The van der Waals surface area contributed by atoms with Crippen LogP contribution in [0.15, 0.2) is 18.2 Å². The Bertz CT molecular complexity index is 665. The van der Waals surface area contributed by atoms with Crippen LogP contribution in [0.3, 0.4) is 0 Å². The number of morpholine rings is 1. The Kier molecular flexibility index (Phi) is 5.16. The number of benzene rings is 1. The van der Waals surface area contributed by atoms with Crippen molar-refractivity contribution in [3.8, 4) is 0 Å². The number of carbonyl (C=O) groups is 2. The molecule has 3 rings (SSSR count). The van der Waals surface area contributed by atoms with Gasteiger partial charge >= 0.3 is 12.0 Å². The van der Waals surface area contributed by atoms with Gasteiger partial charge in [-0.05, 0) is 18.2 Å². The minimum atomic E-state index is -0.703. The number of carbonyl (C=O) groups excluding carboxylic acids is 2. The van der Waals surface area contributed by atoms with Gasteiger partial charge < -0.3 is 24.6 Å². The molecule has 2 aliphatic rings. The Morgan fingerprint density at radius 2 is 2.12 bits per heavy atom. The second kappa shape index (κ2) is 7.34. The highest BCUT2D eigenvalue weighted by Crippen LogP contribution is 2.28. The lowest BCUT2D eigenvalue weighted by Gasteiger charge is -2.29. The van der Waals surface area contributed by atoms with Crippen LogP contribution >= 0.6 is 0 Å². The molecular formula is C16H20FN3O5. The topological polar surface area (TPSA) is 86.6 Å². The minimum absolute atomic E-state index is 0.105. The number of anilines is 2. The average Bonchev–Trinajstić information content (AvgIpc) is 2.95. The van der Waals surface area contributed by atoms with E-state index in [1.807, 2.05) is 4.90 Å². The van der Waals surface area contributed by atoms with Gasteiger partial charge in [0.25, 0.3) is 0 Å². The van der Waals surface area contributed by atoms with Crippen LogP contribution in [-0.2, 0) is 14.3 Å². The van der Waals surface area contributed by atoms with E-state index in [-0.39, 0.29) is 13.1 Å². The monoisotopic (exact) mass is 353 g/mol. The lowest BCUT2D eigenvalue weighted by atomic mass is 10.2. The number of cyclic esters (lactones) is 1. The molecule has 2 fully saturated rings. The third-order valence-electron chi connectivity index (χ3n) is 4.27. The first-order valence-electron chi connectivity index (χ1n) is 8.10. The fraction of sp³-hybridized carbons (Fsp3) is 0.500. The van der Waals surface area contributed by atoms with Crippen molar-refractivity contribution in [1.82, 2.24) is 0 Å². The van der Waals surface area contributed by atoms with E-state index in [0.29, 0.717) is 37.7 Å². The molecule has 2 atom stereocenters. The Labute approximate surface area is 144 Å². The second-order valence-corrected chi connectivity index (χ2v) is 6.03. The second-order valence-electron chi connectivity index (χ2n) is 6.03. The van der Waals surface area contributed by atoms with Gasteiger partial charge in [-0.2, -0.15) is 0 Å². The van der Waals surface area contributed by atoms with Gasteiger partial charge in [-0.1, -0.05) is 0 Å². The molecule has 1 aromatic rings. The third kappa shape index (κ3) is 3.89. The first-order chi connectivity index (χ1) is 12.0. The van der Waals surface area contributed by atoms with Crippen LogP contribution in [0.2, 0.25) is 0 Å². The standard InChI is InChI=1S/C16H20FN3O5/c1-11(21)20(23)10-13-9-19(16(22)25-13)12-2-3-15(14(17)8-12)18-4-6-24-7-5-18/h2-3,8,13,20H,4-7,9-10H2,1H3. The summed E-state index contributed by atoms with van der Waals surface area (Å²) >= 11 is 0. The van der Waals surface area contributed by atoms with Crippen LogP contribution in [0.5, 0.6) is 0 Å². The Morgan fingerprint density at radius 1 is 1.40 bits per heavy atom. The molecule has 2 saturated heterocycles. The summed E-state index contributed by atoms with van der Waals surface area (Å²) in [5.74, 6) is -1.01. The van der Waals surface area contributed by atoms with E-state index in [9.17, 15) is 19.2 Å². The van der Waals surface area contributed by atoms with Crippen LogP contribution < -0.4 is 14.9 Å². The van der Waals surface area contributed by atoms with E-state index in [2.05, 4.69) is 0 Å². The minimum Gasteiger partial charge on any atom is -0.627 e. The molecule has 0 bridgehead atoms. The predicted molar refractivity (Wildman–Crippen MR) is 86.9 cm³/mol. The zero-order valence-corrected chi connectivity index (χ0v) is 13.9. The number of nitrogens with zero attached hydrogens (tertiary/aromatic N) is 2. The SMILES string of the molecule is CC(=O)[NH+]([O-])CC1CN(c2ccc(N3CCOCC3)c(F)c2)C(=O)O1. The first kappa shape index (κ1) is 17.6. The van der Waals surface area contributed by atoms with Crippen molar-refractivity contribution >= 4 is 23.4 Å². The van der Waals surface area contributed by atoms with Crippen LogP contribution in [0.1, 0.15) is 6.92 Å². The van der Waals surface area contributed by atoms with Gasteiger partial charge in [0.2, 0.25) is 0 Å². The van der Waals surface area contributed by atoms with Gasteiger partial charge in [0.15, 0.2) is 6.10 Å². The molecular weight excluding hydrogens is 333 g/mol. The lowest BCUT2D eigenvalue weighted by Crippen LogP contribution is -3.10. The number of ether oxygens (including phenoxy) is 2. The van der Waals surface area contributed by atoms with E-state index >= 15 is 0 Å². The average molecular weight is 353 g/mol. The van der Waals surface area contributed by atoms with Crippen molar-refractivity contribution in [3.63, 3.8) is 0 Å². The molecule has 0 aliphatic carbocycles. The largest absolute Gasteiger partial charge is 0.627 e. The van der Waals surface area contributed by atoms with Crippen molar-refractivity contribution in [2.24, 2.45) is 0 Å². The maximum atomic E-state index is 14.5. The van der Waals surface area contributed by atoms with Crippen molar-refractivity contribution < 1.29 is 28.5 Å². The Morgan fingerprint density at radius 3 is 2.76 bits per heavy atom. The summed E-state index contributed by atoms with van der Waals surface area (Å²) in [6.45, 7) is 3.43. The number of hydroxylamine groups is 2. The quantitative estimate of drug-likeness (QED) is 0.762. The number of hydrogen-bond acceptors (Lipinski definition) is 6. The maximum Gasteiger partial charge on any atom is 0.414 e. The summed E-state index contributed by atoms with van der Waals surface area (Å²) in [6.07, 6.45) is -1.36. The van der Waals surface area contributed by atoms with Crippen molar-refractivity contribution in [2.75, 3.05) is 49.2 Å². The molecule has 25 heavy (non-hydrogen) atoms. The summed E-state index contributed by atoms with van der Waals surface area (Å²) in [6, 6.07) is 4.54. The fourth-order valence-corrected chi connectivity index (χ4v) is 2.91. The maximum absolute atomic E-state index is 14.5. The highest BCUT2D eigenvalue weighted by molar-refractivity contribution is 5.90. The normalized spacial score (nSPS) is 22.0. The summed E-state index contributed by atoms with van der Waals surface area (Å²) in [7, 11) is 0. The van der Waals surface area contributed by atoms with Gasteiger partial charge in [-0.3, -0.25) is 4.90 Å². The van der Waals surface area contributed by atoms with E-state index in [0.717, 1.165) is 0 Å². The van der Waals surface area contributed by atoms with E-state index < -0.39 is 29.0 Å². The number of quaternary nitrogens is 1. The van der Waals surface area contributed by atoms with E-state index in [4.69, 9.17) is 9.47 Å². The molecule has 0 saturated carbocycles. The molecule has 0 aromatic heterocycles. The van der Waals surface area contributed by atoms with Crippen LogP contribution in [-0.4, -0.2) is 57.5 Å². The summed E-state index contributed by atoms with van der Waals surface area (Å²) in [5.41, 5.74) is 0.820. The summed E-state index contributed by atoms with van der Waals surface area (Å²) in [4.78, 5) is 26.2. The van der Waals surface area contributed by atoms with Gasteiger partial charge in [0, 0.05) is 13.1 Å². The van der Waals surface area contributed by atoms with Gasteiger partial charge in [0.05, 0.1) is 38.1 Å². The summed E-state index contributed by atoms with van der Waals surface area (Å²) < 4.78 is 24.8. The van der Waals surface area contributed by atoms with Gasteiger partial charge in [0.1, 0.15) is 12.4 Å². The zero-order valence-electron chi connectivity index (χ0n) is 13.9. The van der Waals surface area contributed by atoms with E-state index in [1.165, 1.54) is 17.9 Å². The van der Waals surface area contributed by atoms with Crippen LogP contribution in [0, 0.1) is 11.0 Å². The molecule has 2 unspecified atom stereocenters. The highest BCUT2D eigenvalue weighted by atomic mass is 19.1. The van der Waals surface area contributed by atoms with E-state index in [1.54, 1.807) is 12.1 Å². The molecule has 1 aromatic carbocycles. The van der Waals surface area contributed by atoms with Crippen LogP contribution in [0.25, 0.3) is 0 Å². The number of amides is 2. The molecule has 0 radical (unpaired) electrons. The van der Waals surface area contributed by atoms with Crippen LogP contribution in [0.4, 0.5) is 20.6 Å². The number of hydrogen-bond donors (Lipinski definition) is 1. The smallest absolute Gasteiger partial charge is 0.414 e. The number of rotatable bonds is 4. The highest BCUT2D eigenvalue weighted by Gasteiger charge is 2.35. The molecule has 2 heterocycles. The molecule has 0 spiro atoms. The zero-order chi connectivity index (χ0) is 18.0.